The van der Waals surface area contributed by atoms with Gasteiger partial charge in [0.05, 0.1) is 16.0 Å². The summed E-state index contributed by atoms with van der Waals surface area (Å²) in [6.45, 7) is 1.32. The lowest BCUT2D eigenvalue weighted by Crippen LogP contribution is -2.50. The first-order chi connectivity index (χ1) is 14.5. The SMILES string of the molecule is O=C(c1cccc2cccnc12)N1CCN(S(=O)(=O)c2ccc3c(c2)CCC3)CC1. The summed E-state index contributed by atoms with van der Waals surface area (Å²) in [7, 11) is -3.55. The second kappa shape index (κ2) is 7.49. The minimum absolute atomic E-state index is 0.103. The molecule has 0 atom stereocenters. The van der Waals surface area contributed by atoms with E-state index in [1.807, 2.05) is 36.4 Å². The smallest absolute Gasteiger partial charge is 0.256 e. The van der Waals surface area contributed by atoms with Gasteiger partial charge in [0.25, 0.3) is 5.91 Å². The number of nitrogens with zero attached hydrogens (tertiary/aromatic N) is 3. The van der Waals surface area contributed by atoms with Crippen molar-refractivity contribution in [1.29, 1.82) is 0 Å². The first kappa shape index (κ1) is 19.2. The number of hydrogen-bond acceptors (Lipinski definition) is 4. The molecule has 0 N–H and O–H groups in total. The van der Waals surface area contributed by atoms with Crippen molar-refractivity contribution in [3.8, 4) is 0 Å². The average Bonchev–Trinajstić information content (AvgIpc) is 3.26. The van der Waals surface area contributed by atoms with Crippen LogP contribution in [-0.2, 0) is 22.9 Å². The van der Waals surface area contributed by atoms with Crippen LogP contribution >= 0.6 is 0 Å². The molecule has 3 aromatic rings. The van der Waals surface area contributed by atoms with E-state index in [9.17, 15) is 13.2 Å². The average molecular weight is 422 g/mol. The van der Waals surface area contributed by atoms with Gasteiger partial charge in [-0.15, -0.1) is 0 Å². The molecule has 0 bridgehead atoms. The van der Waals surface area contributed by atoms with Crippen molar-refractivity contribution in [3.05, 3.63) is 71.4 Å². The summed E-state index contributed by atoms with van der Waals surface area (Å²) < 4.78 is 27.7. The number of sulfonamides is 1. The Balaban J connectivity index is 1.33. The molecule has 1 fully saturated rings. The normalized spacial score (nSPS) is 17.3. The molecule has 5 rings (SSSR count). The van der Waals surface area contributed by atoms with Crippen LogP contribution in [0.1, 0.15) is 27.9 Å². The number of carbonyl (C=O) groups excluding carboxylic acids is 1. The van der Waals surface area contributed by atoms with Crippen LogP contribution in [0.15, 0.2) is 59.6 Å². The molecule has 2 aliphatic rings. The van der Waals surface area contributed by atoms with E-state index in [4.69, 9.17) is 0 Å². The summed E-state index contributed by atoms with van der Waals surface area (Å²) in [5, 5.41) is 0.918. The molecule has 1 saturated heterocycles. The van der Waals surface area contributed by atoms with E-state index < -0.39 is 10.0 Å². The maximum absolute atomic E-state index is 13.1. The zero-order valence-corrected chi connectivity index (χ0v) is 17.4. The molecule has 2 heterocycles. The molecule has 6 nitrogen and oxygen atoms in total. The number of para-hydroxylation sites is 1. The Kier molecular flexibility index (Phi) is 4.79. The van der Waals surface area contributed by atoms with Gasteiger partial charge in [-0.1, -0.05) is 24.3 Å². The largest absolute Gasteiger partial charge is 0.336 e. The van der Waals surface area contributed by atoms with E-state index in [0.29, 0.717) is 42.2 Å². The van der Waals surface area contributed by atoms with Gasteiger partial charge < -0.3 is 4.90 Å². The molecule has 1 amide bonds. The predicted octanol–water partition coefficient (Wildman–Crippen LogP) is 2.87. The number of hydrogen-bond donors (Lipinski definition) is 0. The quantitative estimate of drug-likeness (QED) is 0.652. The number of aryl methyl sites for hydroxylation is 2. The molecular formula is C23H23N3O3S. The number of amides is 1. The van der Waals surface area contributed by atoms with Gasteiger partial charge in [0.2, 0.25) is 10.0 Å². The highest BCUT2D eigenvalue weighted by atomic mass is 32.2. The number of fused-ring (bicyclic) bond motifs is 2. The van der Waals surface area contributed by atoms with Gasteiger partial charge in [-0.3, -0.25) is 9.78 Å². The van der Waals surface area contributed by atoms with E-state index in [2.05, 4.69) is 4.98 Å². The second-order valence-corrected chi connectivity index (χ2v) is 9.80. The first-order valence-electron chi connectivity index (χ1n) is 10.3. The highest BCUT2D eigenvalue weighted by molar-refractivity contribution is 7.89. The van der Waals surface area contributed by atoms with Gasteiger partial charge in [-0.2, -0.15) is 4.31 Å². The van der Waals surface area contributed by atoms with Crippen LogP contribution in [0.2, 0.25) is 0 Å². The number of piperazine rings is 1. The number of rotatable bonds is 3. The third-order valence-corrected chi connectivity index (χ3v) is 7.99. The molecule has 7 heteroatoms. The summed E-state index contributed by atoms with van der Waals surface area (Å²) in [6.07, 6.45) is 4.74. The van der Waals surface area contributed by atoms with E-state index in [0.717, 1.165) is 30.2 Å². The first-order valence-corrected chi connectivity index (χ1v) is 11.7. The van der Waals surface area contributed by atoms with Gasteiger partial charge in [0.1, 0.15) is 0 Å². The van der Waals surface area contributed by atoms with Crippen molar-refractivity contribution in [1.82, 2.24) is 14.2 Å². The Labute approximate surface area is 176 Å². The van der Waals surface area contributed by atoms with E-state index in [-0.39, 0.29) is 5.91 Å². The fourth-order valence-corrected chi connectivity index (χ4v) is 5.91. The topological polar surface area (TPSA) is 70.6 Å². The minimum atomic E-state index is -3.55. The monoisotopic (exact) mass is 421 g/mol. The maximum atomic E-state index is 13.1. The Morgan fingerprint density at radius 2 is 1.67 bits per heavy atom. The molecule has 1 aliphatic carbocycles. The fraction of sp³-hybridized carbons (Fsp3) is 0.304. The highest BCUT2D eigenvalue weighted by Gasteiger charge is 2.31. The summed E-state index contributed by atoms with van der Waals surface area (Å²) in [5.41, 5.74) is 3.64. The zero-order valence-electron chi connectivity index (χ0n) is 16.6. The summed E-state index contributed by atoms with van der Waals surface area (Å²) in [5.74, 6) is -0.103. The van der Waals surface area contributed by atoms with Gasteiger partial charge in [0.15, 0.2) is 0 Å². The Hall–Kier alpha value is -2.77. The van der Waals surface area contributed by atoms with Crippen molar-refractivity contribution in [2.24, 2.45) is 0 Å². The molecule has 0 unspecified atom stereocenters. The lowest BCUT2D eigenvalue weighted by Gasteiger charge is -2.34. The van der Waals surface area contributed by atoms with Crippen molar-refractivity contribution in [2.75, 3.05) is 26.2 Å². The maximum Gasteiger partial charge on any atom is 0.256 e. The Bertz CT molecular complexity index is 1230. The third kappa shape index (κ3) is 3.28. The van der Waals surface area contributed by atoms with Crippen LogP contribution in [-0.4, -0.2) is 54.7 Å². The van der Waals surface area contributed by atoms with Gasteiger partial charge >= 0.3 is 0 Å². The van der Waals surface area contributed by atoms with Crippen LogP contribution in [0.25, 0.3) is 10.9 Å². The number of benzene rings is 2. The van der Waals surface area contributed by atoms with Crippen LogP contribution in [0.5, 0.6) is 0 Å². The van der Waals surface area contributed by atoms with Crippen molar-refractivity contribution < 1.29 is 13.2 Å². The summed E-state index contributed by atoms with van der Waals surface area (Å²) in [6, 6.07) is 14.8. The van der Waals surface area contributed by atoms with Crippen LogP contribution in [0.4, 0.5) is 0 Å². The van der Waals surface area contributed by atoms with Crippen molar-refractivity contribution >= 4 is 26.8 Å². The lowest BCUT2D eigenvalue weighted by atomic mass is 10.1. The summed E-state index contributed by atoms with van der Waals surface area (Å²) in [4.78, 5) is 19.5. The fourth-order valence-electron chi connectivity index (χ4n) is 4.44. The minimum Gasteiger partial charge on any atom is -0.336 e. The van der Waals surface area contributed by atoms with Crippen LogP contribution in [0.3, 0.4) is 0 Å². The molecule has 0 saturated carbocycles. The van der Waals surface area contributed by atoms with E-state index >= 15 is 0 Å². The van der Waals surface area contributed by atoms with E-state index in [1.54, 1.807) is 23.2 Å². The summed E-state index contributed by atoms with van der Waals surface area (Å²) >= 11 is 0. The van der Waals surface area contributed by atoms with Gasteiger partial charge in [-0.05, 0) is 54.7 Å². The molecule has 1 aromatic heterocycles. The second-order valence-electron chi connectivity index (χ2n) is 7.86. The number of pyridine rings is 1. The van der Waals surface area contributed by atoms with Gasteiger partial charge in [0, 0.05) is 37.8 Å². The van der Waals surface area contributed by atoms with E-state index in [1.165, 1.54) is 9.87 Å². The van der Waals surface area contributed by atoms with Crippen molar-refractivity contribution in [3.63, 3.8) is 0 Å². The highest BCUT2D eigenvalue weighted by Crippen LogP contribution is 2.27. The van der Waals surface area contributed by atoms with Crippen molar-refractivity contribution in [2.45, 2.75) is 24.2 Å². The molecule has 1 aliphatic heterocycles. The van der Waals surface area contributed by atoms with Gasteiger partial charge in [-0.25, -0.2) is 8.42 Å². The molecule has 154 valence electrons. The van der Waals surface area contributed by atoms with Crippen LogP contribution in [0, 0.1) is 0 Å². The zero-order chi connectivity index (χ0) is 20.7. The standard InChI is InChI=1S/C23H23N3O3S/c27-23(21-8-2-5-18-7-3-11-24-22(18)21)25-12-14-26(15-13-25)30(28,29)20-10-9-17-4-1-6-19(17)16-20/h2-3,5,7-11,16H,1,4,6,12-15H2. The number of carbonyl (C=O) groups is 1. The molecule has 0 radical (unpaired) electrons. The third-order valence-electron chi connectivity index (χ3n) is 6.10. The predicted molar refractivity (Wildman–Crippen MR) is 115 cm³/mol. The molecular weight excluding hydrogens is 398 g/mol. The van der Waals surface area contributed by atoms with Crippen LogP contribution < -0.4 is 0 Å². The Morgan fingerprint density at radius 1 is 0.900 bits per heavy atom. The molecule has 2 aromatic carbocycles. The Morgan fingerprint density at radius 3 is 2.50 bits per heavy atom. The lowest BCUT2D eigenvalue weighted by molar-refractivity contribution is 0.0699. The number of aromatic nitrogens is 1. The molecule has 0 spiro atoms. The molecule has 30 heavy (non-hydrogen) atoms.